The van der Waals surface area contributed by atoms with Crippen molar-refractivity contribution in [3.63, 3.8) is 0 Å². The maximum Gasteiger partial charge on any atom is 0.332 e. The first-order valence-electron chi connectivity index (χ1n) is 8.44. The zero-order chi connectivity index (χ0) is 20.6. The average Bonchev–Trinajstić information content (AvgIpc) is 3.07. The summed E-state index contributed by atoms with van der Waals surface area (Å²) in [4.78, 5) is 30.2. The number of hydrogen-bond acceptors (Lipinski definition) is 6. The first kappa shape index (κ1) is 19.9. The van der Waals surface area contributed by atoms with Gasteiger partial charge in [-0.05, 0) is 26.0 Å². The fourth-order valence-electron chi connectivity index (χ4n) is 2.86. The van der Waals surface area contributed by atoms with Gasteiger partial charge in [0.05, 0.1) is 11.7 Å². The van der Waals surface area contributed by atoms with Gasteiger partial charge in [-0.1, -0.05) is 23.7 Å². The highest BCUT2D eigenvalue weighted by molar-refractivity contribution is 7.12. The van der Waals surface area contributed by atoms with Crippen LogP contribution >= 0.6 is 22.9 Å². The van der Waals surface area contributed by atoms with Gasteiger partial charge in [-0.15, -0.1) is 11.3 Å². The number of rotatable bonds is 4. The molecule has 2 aromatic heterocycles. The molecule has 0 fully saturated rings. The van der Waals surface area contributed by atoms with E-state index in [1.54, 1.807) is 0 Å². The van der Waals surface area contributed by atoms with Crippen LogP contribution in [-0.4, -0.2) is 14.1 Å². The Hall–Kier alpha value is -2.89. The number of nitrogens with one attached hydrogen (secondary N) is 1. The van der Waals surface area contributed by atoms with E-state index in [1.807, 2.05) is 44.2 Å². The Labute approximate surface area is 170 Å². The second-order valence-electron chi connectivity index (χ2n) is 6.37. The van der Waals surface area contributed by atoms with Crippen LogP contribution in [0.2, 0.25) is 5.02 Å². The van der Waals surface area contributed by atoms with E-state index >= 15 is 0 Å². The number of benzene rings is 1. The van der Waals surface area contributed by atoms with Gasteiger partial charge in [0.15, 0.2) is 5.56 Å². The number of halogens is 1. The van der Waals surface area contributed by atoms with E-state index in [0.717, 1.165) is 25.7 Å². The predicted molar refractivity (Wildman–Crippen MR) is 111 cm³/mol. The summed E-state index contributed by atoms with van der Waals surface area (Å²) in [6.07, 6.45) is 0. The van der Waals surface area contributed by atoms with E-state index in [2.05, 4.69) is 5.32 Å². The van der Waals surface area contributed by atoms with Crippen LogP contribution < -0.4 is 16.6 Å². The molecule has 144 valence electrons. The highest BCUT2D eigenvalue weighted by Crippen LogP contribution is 2.32. The molecule has 0 aliphatic carbocycles. The van der Waals surface area contributed by atoms with E-state index in [9.17, 15) is 14.9 Å². The smallest absolute Gasteiger partial charge is 0.332 e. The van der Waals surface area contributed by atoms with Gasteiger partial charge in [-0.2, -0.15) is 5.26 Å². The van der Waals surface area contributed by atoms with Gasteiger partial charge in [0.25, 0.3) is 5.56 Å². The lowest BCUT2D eigenvalue weighted by molar-refractivity contribution is 0.678. The molecule has 0 bridgehead atoms. The van der Waals surface area contributed by atoms with Crippen molar-refractivity contribution in [2.24, 2.45) is 14.1 Å². The normalized spacial score (nSPS) is 11.9. The molecule has 1 aromatic carbocycles. The molecule has 0 saturated carbocycles. The van der Waals surface area contributed by atoms with Crippen molar-refractivity contribution in [1.29, 1.82) is 5.26 Å². The molecule has 0 radical (unpaired) electrons. The lowest BCUT2D eigenvalue weighted by Crippen LogP contribution is -2.40. The maximum absolute atomic E-state index is 12.2. The monoisotopic (exact) mass is 415 g/mol. The first-order chi connectivity index (χ1) is 13.2. The molecule has 0 spiro atoms. The molecule has 1 N–H and O–H groups in total. The second-order valence-corrected chi connectivity index (χ2v) is 8.04. The van der Waals surface area contributed by atoms with Crippen LogP contribution in [0.1, 0.15) is 28.4 Å². The fraction of sp³-hybridized carbons (Fsp3) is 0.263. The van der Waals surface area contributed by atoms with E-state index < -0.39 is 11.2 Å². The average molecular weight is 416 g/mol. The zero-order valence-corrected chi connectivity index (χ0v) is 17.4. The molecule has 3 aromatic rings. The number of aromatic nitrogens is 3. The van der Waals surface area contributed by atoms with Gasteiger partial charge in [-0.3, -0.25) is 13.9 Å². The highest BCUT2D eigenvalue weighted by Gasteiger charge is 2.20. The van der Waals surface area contributed by atoms with Crippen molar-refractivity contribution < 1.29 is 0 Å². The van der Waals surface area contributed by atoms with Crippen LogP contribution in [0.25, 0.3) is 11.3 Å². The Kier molecular flexibility index (Phi) is 5.40. The summed E-state index contributed by atoms with van der Waals surface area (Å²) in [5.41, 5.74) is 0.565. The number of thiazole rings is 1. The summed E-state index contributed by atoms with van der Waals surface area (Å²) in [6, 6.07) is 9.02. The summed E-state index contributed by atoms with van der Waals surface area (Å²) in [5.74, 6) is 0.184. The molecule has 0 amide bonds. The molecular formula is C19H18ClN5O2S. The van der Waals surface area contributed by atoms with E-state index in [-0.39, 0.29) is 17.4 Å². The Morgan fingerprint density at radius 2 is 1.86 bits per heavy atom. The summed E-state index contributed by atoms with van der Waals surface area (Å²) in [6.45, 7) is 3.85. The third-order valence-electron chi connectivity index (χ3n) is 4.43. The Morgan fingerprint density at radius 1 is 1.21 bits per heavy atom. The van der Waals surface area contributed by atoms with E-state index in [4.69, 9.17) is 16.6 Å². The van der Waals surface area contributed by atoms with Crippen molar-refractivity contribution in [2.75, 3.05) is 5.32 Å². The van der Waals surface area contributed by atoms with Crippen LogP contribution in [0.3, 0.4) is 0 Å². The quantitative estimate of drug-likeness (QED) is 0.706. The maximum atomic E-state index is 12.2. The van der Waals surface area contributed by atoms with Crippen molar-refractivity contribution >= 4 is 28.8 Å². The van der Waals surface area contributed by atoms with Crippen molar-refractivity contribution in [3.05, 3.63) is 65.6 Å². The molecule has 1 atom stereocenters. The molecule has 9 heteroatoms. The predicted octanol–water partition coefficient (Wildman–Crippen LogP) is 3.21. The summed E-state index contributed by atoms with van der Waals surface area (Å²) in [7, 11) is 2.87. The lowest BCUT2D eigenvalue weighted by Gasteiger charge is -2.17. The number of nitrogens with zero attached hydrogens (tertiary/aromatic N) is 4. The van der Waals surface area contributed by atoms with E-state index in [1.165, 1.54) is 30.0 Å². The molecule has 7 nitrogen and oxygen atoms in total. The van der Waals surface area contributed by atoms with Crippen LogP contribution in [0, 0.1) is 18.3 Å². The van der Waals surface area contributed by atoms with Crippen molar-refractivity contribution in [2.45, 2.75) is 19.9 Å². The number of hydrogen-bond donors (Lipinski definition) is 1. The molecular weight excluding hydrogens is 398 g/mol. The third-order valence-corrected chi connectivity index (χ3v) is 5.84. The number of anilines is 1. The van der Waals surface area contributed by atoms with Gasteiger partial charge in [0.1, 0.15) is 16.9 Å². The van der Waals surface area contributed by atoms with Crippen LogP contribution in [0.5, 0.6) is 0 Å². The largest absolute Gasteiger partial charge is 0.361 e. The van der Waals surface area contributed by atoms with Gasteiger partial charge < -0.3 is 5.32 Å². The molecule has 2 heterocycles. The second kappa shape index (κ2) is 7.62. The molecule has 0 saturated heterocycles. The standard InChI is InChI=1S/C19H18ClN5O2S/c1-10(22-16-14(9-21)18(26)25(4)19(27)24(16)3)17-23-15(11(2)28-17)12-5-7-13(20)8-6-12/h5-8,10,22H,1-4H3. The van der Waals surface area contributed by atoms with E-state index in [0.29, 0.717) is 5.02 Å². The minimum absolute atomic E-state index is 0.109. The Balaban J connectivity index is 2.00. The minimum Gasteiger partial charge on any atom is -0.361 e. The van der Waals surface area contributed by atoms with Crippen LogP contribution in [0.15, 0.2) is 33.9 Å². The lowest BCUT2D eigenvalue weighted by atomic mass is 10.1. The zero-order valence-electron chi connectivity index (χ0n) is 15.8. The third kappa shape index (κ3) is 3.46. The summed E-state index contributed by atoms with van der Waals surface area (Å²) >= 11 is 7.47. The van der Waals surface area contributed by atoms with Crippen molar-refractivity contribution in [1.82, 2.24) is 14.1 Å². The van der Waals surface area contributed by atoms with Crippen LogP contribution in [-0.2, 0) is 14.1 Å². The summed E-state index contributed by atoms with van der Waals surface area (Å²) < 4.78 is 2.18. The topological polar surface area (TPSA) is 92.7 Å². The molecule has 0 aliphatic heterocycles. The molecule has 1 unspecified atom stereocenters. The van der Waals surface area contributed by atoms with Crippen LogP contribution in [0.4, 0.5) is 5.82 Å². The molecule has 28 heavy (non-hydrogen) atoms. The summed E-state index contributed by atoms with van der Waals surface area (Å²) in [5, 5.41) is 13.9. The molecule has 0 aliphatic rings. The Bertz CT molecular complexity index is 1200. The van der Waals surface area contributed by atoms with Gasteiger partial charge in [0, 0.05) is 29.6 Å². The highest BCUT2D eigenvalue weighted by atomic mass is 35.5. The van der Waals surface area contributed by atoms with Gasteiger partial charge in [0.2, 0.25) is 0 Å². The number of aryl methyl sites for hydroxylation is 1. The fourth-order valence-corrected chi connectivity index (χ4v) is 3.93. The van der Waals surface area contributed by atoms with Gasteiger partial charge >= 0.3 is 5.69 Å². The number of nitriles is 1. The minimum atomic E-state index is -0.627. The first-order valence-corrected chi connectivity index (χ1v) is 9.64. The Morgan fingerprint density at radius 3 is 2.46 bits per heavy atom. The van der Waals surface area contributed by atoms with Crippen molar-refractivity contribution in [3.8, 4) is 17.3 Å². The molecule has 3 rings (SSSR count). The SMILES string of the molecule is Cc1sc(C(C)Nc2c(C#N)c(=O)n(C)c(=O)n2C)nc1-c1ccc(Cl)cc1. The van der Waals surface area contributed by atoms with Gasteiger partial charge in [-0.25, -0.2) is 9.78 Å².